The normalized spacial score (nSPS) is 10.9. The molecular weight excluding hydrogens is 460 g/mol. The van der Waals surface area contributed by atoms with Crippen molar-refractivity contribution in [1.82, 2.24) is 0 Å². The number of aryl methyl sites for hydroxylation is 2. The number of hydrogen-bond donors (Lipinski definition) is 0. The molecule has 0 atom stereocenters. The SMILES string of the molecule is Cc1cc(OCCCC(=O)Oc2ccc3c(C)cc(=O)oc3c2)c(Br)c(C)c1Cl. The first-order valence-electron chi connectivity index (χ1n) is 9.09. The van der Waals surface area contributed by atoms with Crippen LogP contribution in [-0.4, -0.2) is 12.6 Å². The van der Waals surface area contributed by atoms with Gasteiger partial charge in [0.05, 0.1) is 11.1 Å². The minimum atomic E-state index is -0.436. The van der Waals surface area contributed by atoms with E-state index in [0.717, 1.165) is 26.5 Å². The van der Waals surface area contributed by atoms with Gasteiger partial charge in [0, 0.05) is 29.0 Å². The molecule has 0 aliphatic heterocycles. The van der Waals surface area contributed by atoms with Crippen LogP contribution in [0.25, 0.3) is 11.0 Å². The molecule has 0 amide bonds. The lowest BCUT2D eigenvalue weighted by Crippen LogP contribution is -2.10. The molecule has 1 aromatic heterocycles. The number of fused-ring (bicyclic) bond motifs is 1. The molecule has 0 saturated carbocycles. The van der Waals surface area contributed by atoms with E-state index in [1.165, 1.54) is 6.07 Å². The van der Waals surface area contributed by atoms with Crippen molar-refractivity contribution < 1.29 is 18.7 Å². The van der Waals surface area contributed by atoms with Crippen LogP contribution in [-0.2, 0) is 4.79 Å². The Kier molecular flexibility index (Phi) is 6.65. The lowest BCUT2D eigenvalue weighted by atomic mass is 10.1. The van der Waals surface area contributed by atoms with E-state index in [1.807, 2.05) is 26.8 Å². The van der Waals surface area contributed by atoms with Crippen LogP contribution in [0.3, 0.4) is 0 Å². The summed E-state index contributed by atoms with van der Waals surface area (Å²) < 4.78 is 17.1. The number of carbonyl (C=O) groups is 1. The molecule has 0 saturated heterocycles. The molecule has 0 radical (unpaired) electrons. The molecule has 3 aromatic rings. The maximum atomic E-state index is 12.1. The predicted molar refractivity (Wildman–Crippen MR) is 116 cm³/mol. The van der Waals surface area contributed by atoms with E-state index in [1.54, 1.807) is 18.2 Å². The summed E-state index contributed by atoms with van der Waals surface area (Å²) in [5.41, 5.74) is 2.61. The summed E-state index contributed by atoms with van der Waals surface area (Å²) in [5.74, 6) is 0.645. The van der Waals surface area contributed by atoms with Crippen molar-refractivity contribution in [3.05, 3.63) is 66.9 Å². The van der Waals surface area contributed by atoms with Crippen molar-refractivity contribution in [2.75, 3.05) is 6.61 Å². The topological polar surface area (TPSA) is 65.7 Å². The summed E-state index contributed by atoms with van der Waals surface area (Å²) in [5, 5.41) is 1.51. The average molecular weight is 480 g/mol. The molecule has 0 N–H and O–H groups in total. The number of carbonyl (C=O) groups excluding carboxylic acids is 1. The van der Waals surface area contributed by atoms with Crippen LogP contribution in [0.5, 0.6) is 11.5 Å². The van der Waals surface area contributed by atoms with Crippen LogP contribution >= 0.6 is 27.5 Å². The molecule has 5 nitrogen and oxygen atoms in total. The zero-order valence-electron chi connectivity index (χ0n) is 16.3. The second kappa shape index (κ2) is 9.01. The Labute approximate surface area is 181 Å². The minimum Gasteiger partial charge on any atom is -0.492 e. The molecular formula is C22H20BrClO5. The fraction of sp³-hybridized carbons (Fsp3) is 0.273. The number of benzene rings is 2. The van der Waals surface area contributed by atoms with Gasteiger partial charge in [-0.2, -0.15) is 0 Å². The Balaban J connectivity index is 1.56. The third kappa shape index (κ3) is 5.00. The monoisotopic (exact) mass is 478 g/mol. The molecule has 3 rings (SSSR count). The molecule has 2 aromatic carbocycles. The van der Waals surface area contributed by atoms with Crippen molar-refractivity contribution in [3.8, 4) is 11.5 Å². The first-order chi connectivity index (χ1) is 13.8. The van der Waals surface area contributed by atoms with Gasteiger partial charge in [-0.3, -0.25) is 4.79 Å². The number of ether oxygens (including phenoxy) is 2. The van der Waals surface area contributed by atoms with Gasteiger partial charge >= 0.3 is 11.6 Å². The van der Waals surface area contributed by atoms with Gasteiger partial charge in [-0.1, -0.05) is 11.6 Å². The van der Waals surface area contributed by atoms with Crippen LogP contribution in [0, 0.1) is 20.8 Å². The first kappa shape index (κ1) is 21.4. The smallest absolute Gasteiger partial charge is 0.336 e. The molecule has 0 aliphatic rings. The van der Waals surface area contributed by atoms with Crippen LogP contribution in [0.15, 0.2) is 44.0 Å². The maximum absolute atomic E-state index is 12.1. The summed E-state index contributed by atoms with van der Waals surface area (Å²) in [6.45, 7) is 6.02. The molecule has 0 bridgehead atoms. The Morgan fingerprint density at radius 2 is 1.90 bits per heavy atom. The van der Waals surface area contributed by atoms with Crippen LogP contribution in [0.4, 0.5) is 0 Å². The highest BCUT2D eigenvalue weighted by atomic mass is 79.9. The maximum Gasteiger partial charge on any atom is 0.336 e. The molecule has 0 unspecified atom stereocenters. The van der Waals surface area contributed by atoms with Gasteiger partial charge < -0.3 is 13.9 Å². The average Bonchev–Trinajstić information content (AvgIpc) is 2.66. The third-order valence-corrected chi connectivity index (χ3v) is 6.07. The van der Waals surface area contributed by atoms with Gasteiger partial charge in [0.2, 0.25) is 0 Å². The Bertz CT molecular complexity index is 1140. The second-order valence-electron chi connectivity index (χ2n) is 6.78. The summed E-state index contributed by atoms with van der Waals surface area (Å²) in [6.07, 6.45) is 0.687. The molecule has 0 fully saturated rings. The zero-order valence-corrected chi connectivity index (χ0v) is 18.6. The van der Waals surface area contributed by atoms with E-state index in [9.17, 15) is 9.59 Å². The van der Waals surface area contributed by atoms with Crippen molar-refractivity contribution in [2.24, 2.45) is 0 Å². The number of esters is 1. The van der Waals surface area contributed by atoms with Crippen LogP contribution in [0.2, 0.25) is 5.02 Å². The number of rotatable bonds is 6. The quantitative estimate of drug-likeness (QED) is 0.191. The molecule has 29 heavy (non-hydrogen) atoms. The van der Waals surface area contributed by atoms with Crippen molar-refractivity contribution >= 4 is 44.5 Å². The number of hydrogen-bond acceptors (Lipinski definition) is 5. The standard InChI is InChI=1S/C22H20BrClO5/c1-12-10-20(26)29-17-11-15(6-7-16(12)17)28-19(25)5-4-8-27-18-9-13(2)22(24)14(3)21(18)23/h6-7,9-11H,4-5,8H2,1-3H3. The van der Waals surface area contributed by atoms with E-state index >= 15 is 0 Å². The minimum absolute atomic E-state index is 0.193. The highest BCUT2D eigenvalue weighted by Gasteiger charge is 2.12. The molecule has 7 heteroatoms. The van der Waals surface area contributed by atoms with Gasteiger partial charge in [-0.05, 0) is 78.0 Å². The summed E-state index contributed by atoms with van der Waals surface area (Å²) in [7, 11) is 0. The highest BCUT2D eigenvalue weighted by Crippen LogP contribution is 2.35. The highest BCUT2D eigenvalue weighted by molar-refractivity contribution is 9.10. The van der Waals surface area contributed by atoms with Gasteiger partial charge in [0.15, 0.2) is 0 Å². The Morgan fingerprint density at radius 1 is 1.14 bits per heavy atom. The van der Waals surface area contributed by atoms with Crippen molar-refractivity contribution in [3.63, 3.8) is 0 Å². The molecule has 1 heterocycles. The second-order valence-corrected chi connectivity index (χ2v) is 7.95. The fourth-order valence-electron chi connectivity index (χ4n) is 2.96. The van der Waals surface area contributed by atoms with Gasteiger partial charge in [-0.25, -0.2) is 4.79 Å². The molecule has 0 aliphatic carbocycles. The van der Waals surface area contributed by atoms with Gasteiger partial charge in [0.1, 0.15) is 17.1 Å². The molecule has 0 spiro atoms. The first-order valence-corrected chi connectivity index (χ1v) is 10.3. The van der Waals surface area contributed by atoms with E-state index in [4.69, 9.17) is 25.5 Å². The predicted octanol–water partition coefficient (Wildman–Crippen LogP) is 5.90. The summed E-state index contributed by atoms with van der Waals surface area (Å²) in [6, 6.07) is 8.29. The van der Waals surface area contributed by atoms with Gasteiger partial charge in [0.25, 0.3) is 0 Å². The van der Waals surface area contributed by atoms with Gasteiger partial charge in [-0.15, -0.1) is 0 Å². The third-order valence-electron chi connectivity index (χ3n) is 4.51. The van der Waals surface area contributed by atoms with Crippen molar-refractivity contribution in [2.45, 2.75) is 33.6 Å². The molecule has 152 valence electrons. The van der Waals surface area contributed by atoms with E-state index in [0.29, 0.717) is 35.1 Å². The van der Waals surface area contributed by atoms with E-state index < -0.39 is 5.63 Å². The van der Waals surface area contributed by atoms with E-state index in [2.05, 4.69) is 15.9 Å². The summed E-state index contributed by atoms with van der Waals surface area (Å²) >= 11 is 9.71. The number of halogens is 2. The van der Waals surface area contributed by atoms with E-state index in [-0.39, 0.29) is 12.4 Å². The largest absolute Gasteiger partial charge is 0.492 e. The Hall–Kier alpha value is -2.31. The fourth-order valence-corrected chi connectivity index (χ4v) is 3.65. The van der Waals surface area contributed by atoms with Crippen molar-refractivity contribution in [1.29, 1.82) is 0 Å². The van der Waals surface area contributed by atoms with Crippen LogP contribution < -0.4 is 15.1 Å². The lowest BCUT2D eigenvalue weighted by Gasteiger charge is -2.13. The summed E-state index contributed by atoms with van der Waals surface area (Å²) in [4.78, 5) is 23.6. The zero-order chi connectivity index (χ0) is 21.1. The lowest BCUT2D eigenvalue weighted by molar-refractivity contribution is -0.134. The Morgan fingerprint density at radius 3 is 2.66 bits per heavy atom. The van der Waals surface area contributed by atoms with Crippen LogP contribution in [0.1, 0.15) is 29.5 Å².